The van der Waals surface area contributed by atoms with Gasteiger partial charge in [0, 0.05) is 11.6 Å². The van der Waals surface area contributed by atoms with Crippen LogP contribution >= 0.6 is 23.7 Å². The van der Waals surface area contributed by atoms with Crippen LogP contribution in [-0.4, -0.2) is 21.9 Å². The summed E-state index contributed by atoms with van der Waals surface area (Å²) in [5, 5.41) is 5.15. The Morgan fingerprint density at radius 2 is 2.25 bits per heavy atom. The van der Waals surface area contributed by atoms with Crippen LogP contribution in [-0.2, 0) is 4.79 Å². The number of carbonyl (C=O) groups excluding carboxylic acids is 1. The Balaban J connectivity index is 0.00000200. The third kappa shape index (κ3) is 4.26. The third-order valence-electron chi connectivity index (χ3n) is 2.60. The number of anilines is 1. The number of carbonyl (C=O) groups is 1. The van der Waals surface area contributed by atoms with E-state index in [9.17, 15) is 4.79 Å². The normalized spacial score (nSPS) is 11.5. The molecule has 1 atom stereocenters. The second kappa shape index (κ2) is 7.94. The van der Waals surface area contributed by atoms with Crippen LogP contribution in [0.5, 0.6) is 0 Å². The molecule has 2 heterocycles. The summed E-state index contributed by atoms with van der Waals surface area (Å²) in [6, 6.07) is 5.15. The molecule has 0 spiro atoms. The molecule has 2 rings (SSSR count). The number of nitrogens with one attached hydrogen (secondary N) is 1. The van der Waals surface area contributed by atoms with Gasteiger partial charge in [-0.2, -0.15) is 0 Å². The van der Waals surface area contributed by atoms with Crippen LogP contribution in [0.4, 0.5) is 5.13 Å². The molecule has 0 aromatic carbocycles. The van der Waals surface area contributed by atoms with Crippen molar-refractivity contribution in [1.29, 1.82) is 0 Å². The van der Waals surface area contributed by atoms with Crippen molar-refractivity contribution in [3.63, 3.8) is 0 Å². The zero-order valence-corrected chi connectivity index (χ0v) is 12.7. The Morgan fingerprint density at radius 3 is 2.90 bits per heavy atom. The molecular formula is C13H17ClN4OS. The summed E-state index contributed by atoms with van der Waals surface area (Å²) in [4.78, 5) is 20.3. The molecule has 1 unspecified atom stereocenters. The van der Waals surface area contributed by atoms with Gasteiger partial charge in [-0.25, -0.2) is 4.98 Å². The molecule has 3 N–H and O–H groups in total. The van der Waals surface area contributed by atoms with Gasteiger partial charge in [0.25, 0.3) is 0 Å². The highest BCUT2D eigenvalue weighted by Gasteiger charge is 2.14. The van der Waals surface area contributed by atoms with Gasteiger partial charge >= 0.3 is 0 Å². The van der Waals surface area contributed by atoms with Crippen molar-refractivity contribution in [2.45, 2.75) is 25.8 Å². The van der Waals surface area contributed by atoms with Crippen LogP contribution in [0, 0.1) is 0 Å². The number of nitrogens with zero attached hydrogens (tertiary/aromatic N) is 2. The first-order valence-corrected chi connectivity index (χ1v) is 7.02. The van der Waals surface area contributed by atoms with Gasteiger partial charge in [0.15, 0.2) is 5.13 Å². The number of rotatable bonds is 5. The highest BCUT2D eigenvalue weighted by molar-refractivity contribution is 7.14. The summed E-state index contributed by atoms with van der Waals surface area (Å²) < 4.78 is 0. The number of hydrogen-bond acceptors (Lipinski definition) is 5. The highest BCUT2D eigenvalue weighted by atomic mass is 35.5. The monoisotopic (exact) mass is 312 g/mol. The van der Waals surface area contributed by atoms with E-state index in [1.54, 1.807) is 6.20 Å². The molecule has 7 heteroatoms. The number of halogens is 1. The Bertz CT molecular complexity index is 546. The van der Waals surface area contributed by atoms with E-state index < -0.39 is 6.04 Å². The summed E-state index contributed by atoms with van der Waals surface area (Å²) in [5.41, 5.74) is 7.29. The largest absolute Gasteiger partial charge is 0.320 e. The molecule has 0 radical (unpaired) electrons. The maximum absolute atomic E-state index is 11.8. The highest BCUT2D eigenvalue weighted by Crippen LogP contribution is 2.23. The number of aromatic nitrogens is 2. The van der Waals surface area contributed by atoms with E-state index in [2.05, 4.69) is 15.3 Å². The average Bonchev–Trinajstić information content (AvgIpc) is 2.88. The Hall–Kier alpha value is -1.50. The molecule has 0 saturated heterocycles. The zero-order valence-electron chi connectivity index (χ0n) is 11.1. The standard InChI is InChI=1S/C13H16N4OS.ClH/c1-2-5-9(14)12(18)17-13-16-11(8-19-13)10-6-3-4-7-15-10;/h3-4,6-9H,2,5,14H2,1H3,(H,16,17,18);1H. The lowest BCUT2D eigenvalue weighted by atomic mass is 10.2. The van der Waals surface area contributed by atoms with Crippen molar-refractivity contribution >= 4 is 34.8 Å². The Morgan fingerprint density at radius 1 is 1.45 bits per heavy atom. The van der Waals surface area contributed by atoms with Crippen molar-refractivity contribution in [1.82, 2.24) is 9.97 Å². The maximum Gasteiger partial charge on any atom is 0.243 e. The van der Waals surface area contributed by atoms with Gasteiger partial charge in [0.1, 0.15) is 5.69 Å². The molecule has 0 fully saturated rings. The lowest BCUT2D eigenvalue weighted by Gasteiger charge is -2.08. The summed E-state index contributed by atoms with van der Waals surface area (Å²) in [6.45, 7) is 2.00. The minimum Gasteiger partial charge on any atom is -0.320 e. The van der Waals surface area contributed by atoms with Crippen LogP contribution in [0.1, 0.15) is 19.8 Å². The van der Waals surface area contributed by atoms with Gasteiger partial charge in [-0.1, -0.05) is 19.4 Å². The zero-order chi connectivity index (χ0) is 13.7. The Labute approximate surface area is 128 Å². The molecule has 0 saturated carbocycles. The van der Waals surface area contributed by atoms with Crippen molar-refractivity contribution in [3.05, 3.63) is 29.8 Å². The van der Waals surface area contributed by atoms with E-state index in [1.807, 2.05) is 30.5 Å². The molecular weight excluding hydrogens is 296 g/mol. The minimum atomic E-state index is -0.479. The molecule has 108 valence electrons. The van der Waals surface area contributed by atoms with Crippen LogP contribution < -0.4 is 11.1 Å². The van der Waals surface area contributed by atoms with Crippen molar-refractivity contribution < 1.29 is 4.79 Å². The smallest absolute Gasteiger partial charge is 0.243 e. The predicted octanol–water partition coefficient (Wildman–Crippen LogP) is 2.69. The van der Waals surface area contributed by atoms with E-state index in [1.165, 1.54) is 11.3 Å². The fourth-order valence-electron chi connectivity index (χ4n) is 1.60. The van der Waals surface area contributed by atoms with Crippen LogP contribution in [0.15, 0.2) is 29.8 Å². The second-order valence-electron chi connectivity index (χ2n) is 4.14. The van der Waals surface area contributed by atoms with Crippen molar-refractivity contribution in [2.75, 3.05) is 5.32 Å². The lowest BCUT2D eigenvalue weighted by Crippen LogP contribution is -2.35. The molecule has 0 aliphatic rings. The third-order valence-corrected chi connectivity index (χ3v) is 3.36. The summed E-state index contributed by atoms with van der Waals surface area (Å²) >= 11 is 1.37. The van der Waals surface area contributed by atoms with E-state index >= 15 is 0 Å². The van der Waals surface area contributed by atoms with E-state index in [4.69, 9.17) is 5.73 Å². The maximum atomic E-state index is 11.8. The SMILES string of the molecule is CCCC(N)C(=O)Nc1nc(-c2ccccn2)cs1.Cl. The van der Waals surface area contributed by atoms with Crippen molar-refractivity contribution in [2.24, 2.45) is 5.73 Å². The lowest BCUT2D eigenvalue weighted by molar-refractivity contribution is -0.117. The molecule has 20 heavy (non-hydrogen) atoms. The predicted molar refractivity (Wildman–Crippen MR) is 84.1 cm³/mol. The minimum absolute atomic E-state index is 0. The summed E-state index contributed by atoms with van der Waals surface area (Å²) in [7, 11) is 0. The van der Waals surface area contributed by atoms with Gasteiger partial charge in [0.2, 0.25) is 5.91 Å². The van der Waals surface area contributed by atoms with Gasteiger partial charge in [-0.15, -0.1) is 23.7 Å². The first-order valence-electron chi connectivity index (χ1n) is 6.14. The van der Waals surface area contributed by atoms with Gasteiger partial charge < -0.3 is 11.1 Å². The fraction of sp³-hybridized carbons (Fsp3) is 0.308. The van der Waals surface area contributed by atoms with E-state index in [0.717, 1.165) is 17.8 Å². The fourth-order valence-corrected chi connectivity index (χ4v) is 2.31. The van der Waals surface area contributed by atoms with Crippen molar-refractivity contribution in [3.8, 4) is 11.4 Å². The average molecular weight is 313 g/mol. The van der Waals surface area contributed by atoms with Gasteiger partial charge in [-0.05, 0) is 18.6 Å². The van der Waals surface area contributed by atoms with E-state index in [0.29, 0.717) is 11.6 Å². The molecule has 0 bridgehead atoms. The molecule has 2 aromatic rings. The molecule has 2 aromatic heterocycles. The molecule has 1 amide bonds. The van der Waals surface area contributed by atoms with Gasteiger partial charge in [-0.3, -0.25) is 9.78 Å². The number of amides is 1. The number of nitrogens with two attached hydrogens (primary N) is 1. The Kier molecular flexibility index (Phi) is 6.57. The van der Waals surface area contributed by atoms with Crippen LogP contribution in [0.2, 0.25) is 0 Å². The number of pyridine rings is 1. The first kappa shape index (κ1) is 16.6. The van der Waals surface area contributed by atoms with Crippen LogP contribution in [0.25, 0.3) is 11.4 Å². The number of thiazole rings is 1. The quantitative estimate of drug-likeness (QED) is 0.889. The summed E-state index contributed by atoms with van der Waals surface area (Å²) in [6.07, 6.45) is 3.26. The molecule has 0 aliphatic carbocycles. The van der Waals surface area contributed by atoms with Crippen LogP contribution in [0.3, 0.4) is 0 Å². The first-order chi connectivity index (χ1) is 9.20. The molecule has 0 aliphatic heterocycles. The second-order valence-corrected chi connectivity index (χ2v) is 5.00. The van der Waals surface area contributed by atoms with Gasteiger partial charge in [0.05, 0.1) is 11.7 Å². The summed E-state index contributed by atoms with van der Waals surface area (Å²) in [5.74, 6) is -0.191. The topological polar surface area (TPSA) is 80.9 Å². The number of hydrogen-bond donors (Lipinski definition) is 2. The van der Waals surface area contributed by atoms with E-state index in [-0.39, 0.29) is 18.3 Å². The molecule has 5 nitrogen and oxygen atoms in total.